The van der Waals surface area contributed by atoms with Crippen LogP contribution in [0.25, 0.3) is 6.08 Å². The van der Waals surface area contributed by atoms with Crippen LogP contribution >= 0.6 is 0 Å². The number of hydrogen-bond donors (Lipinski definition) is 0. The van der Waals surface area contributed by atoms with Crippen LogP contribution in [0.15, 0.2) is 66.4 Å². The predicted octanol–water partition coefficient (Wildman–Crippen LogP) is 4.88. The van der Waals surface area contributed by atoms with Gasteiger partial charge in [0.15, 0.2) is 5.76 Å². The van der Waals surface area contributed by atoms with Crippen molar-refractivity contribution in [3.8, 4) is 11.5 Å². The molecule has 0 radical (unpaired) electrons. The molecule has 31 heavy (non-hydrogen) atoms. The van der Waals surface area contributed by atoms with Gasteiger partial charge in [-0.1, -0.05) is 12.1 Å². The Morgan fingerprint density at radius 1 is 1.13 bits per heavy atom. The number of Topliss-reactive ketones (excluding diaryl/α,β-unsaturated/α-hetero) is 1. The number of esters is 1. The zero-order valence-electron chi connectivity index (χ0n) is 16.1. The van der Waals surface area contributed by atoms with Crippen molar-refractivity contribution < 1.29 is 28.4 Å². The number of rotatable bonds is 4. The van der Waals surface area contributed by atoms with Crippen molar-refractivity contribution in [2.75, 3.05) is 0 Å². The van der Waals surface area contributed by atoms with Gasteiger partial charge in [0.1, 0.15) is 17.3 Å². The Balaban J connectivity index is 1.61. The second-order valence-electron chi connectivity index (χ2n) is 6.75. The summed E-state index contributed by atoms with van der Waals surface area (Å²) >= 11 is 0. The Labute approximate surface area is 175 Å². The summed E-state index contributed by atoms with van der Waals surface area (Å²) in [5.74, 6) is -1.11. The van der Waals surface area contributed by atoms with Gasteiger partial charge in [-0.25, -0.2) is 9.18 Å². The molecule has 7 nitrogen and oxygen atoms in total. The van der Waals surface area contributed by atoms with Crippen molar-refractivity contribution in [1.29, 1.82) is 0 Å². The van der Waals surface area contributed by atoms with E-state index < -0.39 is 16.7 Å². The summed E-state index contributed by atoms with van der Waals surface area (Å²) in [6.45, 7) is 1.63. The molecule has 1 aliphatic heterocycles. The van der Waals surface area contributed by atoms with Crippen LogP contribution in [-0.4, -0.2) is 16.7 Å². The van der Waals surface area contributed by atoms with Gasteiger partial charge in [-0.15, -0.1) is 0 Å². The fourth-order valence-electron chi connectivity index (χ4n) is 3.10. The van der Waals surface area contributed by atoms with Gasteiger partial charge < -0.3 is 9.47 Å². The number of ether oxygens (including phenoxy) is 2. The summed E-state index contributed by atoms with van der Waals surface area (Å²) in [7, 11) is 0. The molecule has 0 bridgehead atoms. The monoisotopic (exact) mass is 419 g/mol. The Morgan fingerprint density at radius 3 is 2.58 bits per heavy atom. The van der Waals surface area contributed by atoms with Crippen LogP contribution in [0.3, 0.4) is 0 Å². The Bertz CT molecular complexity index is 1260. The van der Waals surface area contributed by atoms with Gasteiger partial charge in [-0.3, -0.25) is 14.9 Å². The first-order valence-electron chi connectivity index (χ1n) is 9.13. The quantitative estimate of drug-likeness (QED) is 0.197. The van der Waals surface area contributed by atoms with E-state index in [0.717, 1.165) is 12.1 Å². The molecule has 0 aromatic heterocycles. The van der Waals surface area contributed by atoms with E-state index in [4.69, 9.17) is 9.47 Å². The van der Waals surface area contributed by atoms with E-state index in [1.54, 1.807) is 13.0 Å². The third-order valence-corrected chi connectivity index (χ3v) is 4.70. The van der Waals surface area contributed by atoms with E-state index in [9.17, 15) is 24.1 Å². The van der Waals surface area contributed by atoms with E-state index in [1.807, 2.05) is 0 Å². The molecule has 3 aromatic rings. The SMILES string of the molecule is Cc1c(OC(=O)c2ccc(F)cc2)ccc2c1O/C(=C\c1cccc([N+](=O)[O-])c1)C2=O. The molecule has 0 atom stereocenters. The molecule has 1 aliphatic rings. The maximum Gasteiger partial charge on any atom is 0.343 e. The number of nitrogens with zero attached hydrogens (tertiary/aromatic N) is 1. The molecule has 1 heterocycles. The normalized spacial score (nSPS) is 13.6. The molecule has 0 fully saturated rings. The van der Waals surface area contributed by atoms with Crippen molar-refractivity contribution in [3.05, 3.63) is 105 Å². The smallest absolute Gasteiger partial charge is 0.343 e. The predicted molar refractivity (Wildman–Crippen MR) is 109 cm³/mol. The highest BCUT2D eigenvalue weighted by Crippen LogP contribution is 2.39. The maximum atomic E-state index is 13.0. The summed E-state index contributed by atoms with van der Waals surface area (Å²) < 4.78 is 24.1. The number of nitro benzene ring substituents is 1. The van der Waals surface area contributed by atoms with Crippen molar-refractivity contribution in [1.82, 2.24) is 0 Å². The molecule has 0 saturated heterocycles. The average Bonchev–Trinajstić information content (AvgIpc) is 3.07. The summed E-state index contributed by atoms with van der Waals surface area (Å²) in [6, 6.07) is 13.7. The van der Waals surface area contributed by atoms with E-state index in [2.05, 4.69) is 0 Å². The second kappa shape index (κ2) is 7.83. The molecule has 4 rings (SSSR count). The molecule has 0 saturated carbocycles. The Kier molecular flexibility index (Phi) is 5.04. The second-order valence-corrected chi connectivity index (χ2v) is 6.75. The van der Waals surface area contributed by atoms with E-state index in [1.165, 1.54) is 48.5 Å². The average molecular weight is 419 g/mol. The topological polar surface area (TPSA) is 95.7 Å². The first-order chi connectivity index (χ1) is 14.8. The number of carbonyl (C=O) groups excluding carboxylic acids is 2. The number of carbonyl (C=O) groups is 2. The summed E-state index contributed by atoms with van der Waals surface area (Å²) in [5.41, 5.74) is 1.22. The molecular weight excluding hydrogens is 405 g/mol. The standard InChI is InChI=1S/C23H14FNO6/c1-13-19(31-23(27)15-5-7-16(24)8-6-15)10-9-18-21(26)20(30-22(13)18)12-14-3-2-4-17(11-14)25(28)29/h2-12H,1H3/b20-12-. The van der Waals surface area contributed by atoms with Gasteiger partial charge in [0, 0.05) is 17.7 Å². The van der Waals surface area contributed by atoms with E-state index in [-0.39, 0.29) is 39.9 Å². The molecule has 0 unspecified atom stereocenters. The Morgan fingerprint density at radius 2 is 1.87 bits per heavy atom. The lowest BCUT2D eigenvalue weighted by Crippen LogP contribution is -2.09. The van der Waals surface area contributed by atoms with Gasteiger partial charge in [0.2, 0.25) is 5.78 Å². The lowest BCUT2D eigenvalue weighted by molar-refractivity contribution is -0.384. The molecule has 0 spiro atoms. The molecule has 0 amide bonds. The number of ketones is 1. The lowest BCUT2D eigenvalue weighted by atomic mass is 10.1. The highest BCUT2D eigenvalue weighted by atomic mass is 19.1. The van der Waals surface area contributed by atoms with Gasteiger partial charge in [-0.2, -0.15) is 0 Å². The number of halogens is 1. The summed E-state index contributed by atoms with van der Waals surface area (Å²) in [4.78, 5) is 35.4. The number of benzene rings is 3. The zero-order chi connectivity index (χ0) is 22.1. The van der Waals surface area contributed by atoms with Crippen LogP contribution < -0.4 is 9.47 Å². The minimum atomic E-state index is -0.681. The van der Waals surface area contributed by atoms with Gasteiger partial charge in [-0.05, 0) is 55.0 Å². The molecule has 0 aliphatic carbocycles. The molecule has 8 heteroatoms. The summed E-state index contributed by atoms with van der Waals surface area (Å²) in [6.07, 6.45) is 1.42. The first kappa shape index (κ1) is 20.0. The third-order valence-electron chi connectivity index (χ3n) is 4.70. The maximum absolute atomic E-state index is 13.0. The van der Waals surface area contributed by atoms with Gasteiger partial charge in [0.05, 0.1) is 16.1 Å². The van der Waals surface area contributed by atoms with Crippen molar-refractivity contribution in [2.24, 2.45) is 0 Å². The van der Waals surface area contributed by atoms with Crippen LogP contribution in [0.5, 0.6) is 11.5 Å². The fraction of sp³-hybridized carbons (Fsp3) is 0.0435. The van der Waals surface area contributed by atoms with Crippen LogP contribution in [0.1, 0.15) is 31.8 Å². The number of nitro groups is 1. The molecular formula is C23H14FNO6. The molecule has 154 valence electrons. The Hall–Kier alpha value is -4.33. The number of fused-ring (bicyclic) bond motifs is 1. The highest BCUT2D eigenvalue weighted by Gasteiger charge is 2.30. The van der Waals surface area contributed by atoms with Gasteiger partial charge >= 0.3 is 5.97 Å². The third kappa shape index (κ3) is 3.91. The zero-order valence-corrected chi connectivity index (χ0v) is 16.1. The number of hydrogen-bond acceptors (Lipinski definition) is 6. The minimum absolute atomic E-state index is 0.000564. The largest absolute Gasteiger partial charge is 0.452 e. The highest BCUT2D eigenvalue weighted by molar-refractivity contribution is 6.15. The molecule has 0 N–H and O–H groups in total. The van der Waals surface area contributed by atoms with Crippen LogP contribution in [-0.2, 0) is 0 Å². The minimum Gasteiger partial charge on any atom is -0.452 e. The van der Waals surface area contributed by atoms with Crippen molar-refractivity contribution >= 4 is 23.5 Å². The molecule has 3 aromatic carbocycles. The summed E-state index contributed by atoms with van der Waals surface area (Å²) in [5, 5.41) is 10.9. The van der Waals surface area contributed by atoms with Gasteiger partial charge in [0.25, 0.3) is 5.69 Å². The van der Waals surface area contributed by atoms with E-state index in [0.29, 0.717) is 11.1 Å². The number of allylic oxidation sites excluding steroid dienone is 1. The van der Waals surface area contributed by atoms with Crippen LogP contribution in [0.4, 0.5) is 10.1 Å². The van der Waals surface area contributed by atoms with E-state index >= 15 is 0 Å². The van der Waals surface area contributed by atoms with Crippen molar-refractivity contribution in [2.45, 2.75) is 6.92 Å². The van der Waals surface area contributed by atoms with Crippen LogP contribution in [0.2, 0.25) is 0 Å². The fourth-order valence-corrected chi connectivity index (χ4v) is 3.10. The van der Waals surface area contributed by atoms with Crippen molar-refractivity contribution in [3.63, 3.8) is 0 Å². The lowest BCUT2D eigenvalue weighted by Gasteiger charge is -2.10. The number of non-ortho nitro benzene ring substituents is 1. The van der Waals surface area contributed by atoms with Crippen LogP contribution in [0, 0.1) is 22.9 Å². The first-order valence-corrected chi connectivity index (χ1v) is 9.13.